The van der Waals surface area contributed by atoms with Crippen molar-refractivity contribution in [2.24, 2.45) is 0 Å². The number of aliphatic carboxylic acids is 1. The number of carboxylic acid groups (broad SMARTS) is 1. The summed E-state index contributed by atoms with van der Waals surface area (Å²) in [6, 6.07) is 9.69. The fraction of sp³-hybridized carbons (Fsp3) is 0.222. The van der Waals surface area contributed by atoms with Crippen LogP contribution >= 0.6 is 0 Å². The highest BCUT2D eigenvalue weighted by Crippen LogP contribution is 2.13. The molecule has 0 radical (unpaired) electrons. The van der Waals surface area contributed by atoms with Gasteiger partial charge in [-0.3, -0.25) is 0 Å². The van der Waals surface area contributed by atoms with Crippen molar-refractivity contribution in [3.05, 3.63) is 65.0 Å². The van der Waals surface area contributed by atoms with E-state index in [0.717, 1.165) is 5.56 Å². The highest BCUT2D eigenvalue weighted by Gasteiger charge is 2.14. The SMILES string of the molecule is CCC(OC(=O)C(C)=CC=Cc1ccccc1)=C(C)C(=O)O. The zero-order chi connectivity index (χ0) is 16.5. The van der Waals surface area contributed by atoms with Gasteiger partial charge >= 0.3 is 11.9 Å². The first-order valence-corrected chi connectivity index (χ1v) is 7.01. The van der Waals surface area contributed by atoms with Crippen LogP contribution in [0.25, 0.3) is 6.08 Å². The minimum absolute atomic E-state index is 0.0449. The van der Waals surface area contributed by atoms with Gasteiger partial charge in [0.1, 0.15) is 5.76 Å². The molecule has 1 aromatic rings. The van der Waals surface area contributed by atoms with Gasteiger partial charge in [-0.05, 0) is 19.4 Å². The molecular formula is C18H20O4. The van der Waals surface area contributed by atoms with Crippen molar-refractivity contribution >= 4 is 18.0 Å². The molecule has 1 rings (SSSR count). The molecule has 0 amide bonds. The number of hydrogen-bond acceptors (Lipinski definition) is 3. The highest BCUT2D eigenvalue weighted by molar-refractivity contribution is 5.91. The zero-order valence-electron chi connectivity index (χ0n) is 13.0. The van der Waals surface area contributed by atoms with Crippen molar-refractivity contribution in [3.63, 3.8) is 0 Å². The van der Waals surface area contributed by atoms with Crippen molar-refractivity contribution in [1.82, 2.24) is 0 Å². The highest BCUT2D eigenvalue weighted by atomic mass is 16.5. The van der Waals surface area contributed by atoms with Gasteiger partial charge in [0, 0.05) is 12.0 Å². The molecule has 1 N–H and O–H groups in total. The van der Waals surface area contributed by atoms with E-state index in [4.69, 9.17) is 9.84 Å². The normalized spacial score (nSPS) is 13.0. The number of carbonyl (C=O) groups is 2. The second-order valence-corrected chi connectivity index (χ2v) is 4.72. The number of carboxylic acids is 1. The number of ether oxygens (including phenoxy) is 1. The minimum atomic E-state index is -1.09. The van der Waals surface area contributed by atoms with Crippen LogP contribution < -0.4 is 0 Å². The topological polar surface area (TPSA) is 63.6 Å². The number of hydrogen-bond donors (Lipinski definition) is 1. The van der Waals surface area contributed by atoms with Gasteiger partial charge in [0.2, 0.25) is 0 Å². The predicted molar refractivity (Wildman–Crippen MR) is 86.0 cm³/mol. The van der Waals surface area contributed by atoms with Crippen LogP contribution in [-0.4, -0.2) is 17.0 Å². The molecule has 0 atom stereocenters. The van der Waals surface area contributed by atoms with E-state index < -0.39 is 11.9 Å². The quantitative estimate of drug-likeness (QED) is 0.374. The van der Waals surface area contributed by atoms with Gasteiger partial charge in [0.25, 0.3) is 0 Å². The van der Waals surface area contributed by atoms with Crippen LogP contribution in [0.2, 0.25) is 0 Å². The number of esters is 1. The lowest BCUT2D eigenvalue weighted by Crippen LogP contribution is -2.10. The van der Waals surface area contributed by atoms with Gasteiger partial charge in [-0.2, -0.15) is 0 Å². The van der Waals surface area contributed by atoms with Crippen molar-refractivity contribution in [1.29, 1.82) is 0 Å². The summed E-state index contributed by atoms with van der Waals surface area (Å²) in [4.78, 5) is 22.8. The molecule has 22 heavy (non-hydrogen) atoms. The van der Waals surface area contributed by atoms with Crippen LogP contribution in [0.1, 0.15) is 32.8 Å². The van der Waals surface area contributed by atoms with Crippen LogP contribution in [0.5, 0.6) is 0 Å². The molecule has 0 aliphatic carbocycles. The van der Waals surface area contributed by atoms with Gasteiger partial charge < -0.3 is 9.84 Å². The van der Waals surface area contributed by atoms with E-state index in [1.807, 2.05) is 36.4 Å². The second kappa shape index (κ2) is 8.62. The first kappa shape index (κ1) is 17.4. The summed E-state index contributed by atoms with van der Waals surface area (Å²) < 4.78 is 5.14. The fourth-order valence-electron chi connectivity index (χ4n) is 1.66. The molecule has 4 nitrogen and oxygen atoms in total. The summed E-state index contributed by atoms with van der Waals surface area (Å²) in [5.41, 5.74) is 1.47. The largest absolute Gasteiger partial charge is 0.478 e. The lowest BCUT2D eigenvalue weighted by molar-refractivity contribution is -0.136. The van der Waals surface area contributed by atoms with Gasteiger partial charge in [0.05, 0.1) is 5.57 Å². The Hall–Kier alpha value is -2.62. The van der Waals surface area contributed by atoms with E-state index >= 15 is 0 Å². The van der Waals surface area contributed by atoms with E-state index in [0.29, 0.717) is 12.0 Å². The van der Waals surface area contributed by atoms with Crippen LogP contribution in [0.15, 0.2) is 59.4 Å². The van der Waals surface area contributed by atoms with Crippen LogP contribution in [0, 0.1) is 0 Å². The summed E-state index contributed by atoms with van der Waals surface area (Å²) in [6.45, 7) is 4.78. The molecule has 1 aromatic carbocycles. The van der Waals surface area contributed by atoms with Gasteiger partial charge in [-0.25, -0.2) is 9.59 Å². The molecule has 0 aliphatic heterocycles. The maximum absolute atomic E-state index is 11.9. The number of benzene rings is 1. The second-order valence-electron chi connectivity index (χ2n) is 4.72. The molecule has 116 valence electrons. The summed E-state index contributed by atoms with van der Waals surface area (Å²) in [5, 5.41) is 8.93. The molecule has 0 aliphatic rings. The third kappa shape index (κ3) is 5.40. The summed E-state index contributed by atoms with van der Waals surface area (Å²) in [7, 11) is 0. The summed E-state index contributed by atoms with van der Waals surface area (Å²) in [5.74, 6) is -1.46. The smallest absolute Gasteiger partial charge is 0.338 e. The Morgan fingerprint density at radius 1 is 1.18 bits per heavy atom. The fourth-order valence-corrected chi connectivity index (χ4v) is 1.66. The molecule has 0 unspecified atom stereocenters. The Bertz CT molecular complexity index is 622. The van der Waals surface area contributed by atoms with E-state index in [1.165, 1.54) is 6.92 Å². The molecule has 0 spiro atoms. The number of allylic oxidation sites excluding steroid dienone is 3. The number of rotatable bonds is 6. The lowest BCUT2D eigenvalue weighted by atomic mass is 10.2. The van der Waals surface area contributed by atoms with Gasteiger partial charge in [-0.15, -0.1) is 0 Å². The summed E-state index contributed by atoms with van der Waals surface area (Å²) >= 11 is 0. The Morgan fingerprint density at radius 2 is 1.82 bits per heavy atom. The first-order chi connectivity index (χ1) is 10.5. The maximum Gasteiger partial charge on any atom is 0.338 e. The van der Waals surface area contributed by atoms with Gasteiger partial charge in [-0.1, -0.05) is 55.5 Å². The van der Waals surface area contributed by atoms with Crippen LogP contribution in [0.3, 0.4) is 0 Å². The van der Waals surface area contributed by atoms with Crippen molar-refractivity contribution < 1.29 is 19.4 Å². The zero-order valence-corrected chi connectivity index (χ0v) is 13.0. The molecule has 4 heteroatoms. The Morgan fingerprint density at radius 3 is 2.36 bits per heavy atom. The first-order valence-electron chi connectivity index (χ1n) is 7.01. The molecule has 0 saturated carbocycles. The molecular weight excluding hydrogens is 280 g/mol. The van der Waals surface area contributed by atoms with Crippen LogP contribution in [0.4, 0.5) is 0 Å². The minimum Gasteiger partial charge on any atom is -0.478 e. The van der Waals surface area contributed by atoms with Crippen LogP contribution in [-0.2, 0) is 14.3 Å². The third-order valence-electron chi connectivity index (χ3n) is 3.03. The van der Waals surface area contributed by atoms with Gasteiger partial charge in [0.15, 0.2) is 0 Å². The standard InChI is InChI=1S/C18H20O4/c1-4-16(14(3)17(19)20)22-18(21)13(2)9-8-12-15-10-6-5-7-11-15/h5-12H,4H2,1-3H3,(H,19,20). The van der Waals surface area contributed by atoms with E-state index in [9.17, 15) is 9.59 Å². The van der Waals surface area contributed by atoms with Crippen molar-refractivity contribution in [2.75, 3.05) is 0 Å². The van der Waals surface area contributed by atoms with E-state index in [2.05, 4.69) is 0 Å². The molecule has 0 aromatic heterocycles. The summed E-state index contributed by atoms with van der Waals surface area (Å²) in [6.07, 6.45) is 5.61. The molecule has 0 bridgehead atoms. The monoisotopic (exact) mass is 300 g/mol. The Labute approximate surface area is 130 Å². The Balaban J connectivity index is 2.76. The molecule has 0 saturated heterocycles. The third-order valence-corrected chi connectivity index (χ3v) is 3.03. The van der Waals surface area contributed by atoms with Crippen molar-refractivity contribution in [3.8, 4) is 0 Å². The average molecular weight is 300 g/mol. The molecule has 0 fully saturated rings. The Kier molecular flexibility index (Phi) is 6.83. The predicted octanol–water partition coefficient (Wildman–Crippen LogP) is 3.96. The average Bonchev–Trinajstić information content (AvgIpc) is 2.52. The lowest BCUT2D eigenvalue weighted by Gasteiger charge is -2.08. The number of carbonyl (C=O) groups excluding carboxylic acids is 1. The van der Waals surface area contributed by atoms with E-state index in [1.54, 1.807) is 26.0 Å². The maximum atomic E-state index is 11.9. The van der Waals surface area contributed by atoms with E-state index in [-0.39, 0.29) is 11.3 Å². The molecule has 0 heterocycles. The van der Waals surface area contributed by atoms with Crippen molar-refractivity contribution in [2.45, 2.75) is 27.2 Å².